The van der Waals surface area contributed by atoms with Crippen molar-refractivity contribution in [2.24, 2.45) is 0 Å². The van der Waals surface area contributed by atoms with Gasteiger partial charge in [-0.3, -0.25) is 9.69 Å². The predicted molar refractivity (Wildman–Crippen MR) is 61.6 cm³/mol. The third-order valence-corrected chi connectivity index (χ3v) is 3.37. The SMILES string of the molecule is O=C1CSCCN1c1ccc(Br)cn1. The molecule has 0 radical (unpaired) electrons. The van der Waals surface area contributed by atoms with Crippen LogP contribution in [0.15, 0.2) is 22.8 Å². The molecule has 0 aliphatic carbocycles. The van der Waals surface area contributed by atoms with E-state index in [0.29, 0.717) is 5.75 Å². The quantitative estimate of drug-likeness (QED) is 0.783. The number of pyridine rings is 1. The lowest BCUT2D eigenvalue weighted by atomic mass is 10.4. The Balaban J connectivity index is 2.20. The van der Waals surface area contributed by atoms with Gasteiger partial charge in [0.05, 0.1) is 5.75 Å². The summed E-state index contributed by atoms with van der Waals surface area (Å²) < 4.78 is 0.931. The summed E-state index contributed by atoms with van der Waals surface area (Å²) in [5.41, 5.74) is 0. The van der Waals surface area contributed by atoms with Crippen LogP contribution < -0.4 is 4.90 Å². The Kier molecular flexibility index (Phi) is 3.08. The number of carbonyl (C=O) groups is 1. The highest BCUT2D eigenvalue weighted by Gasteiger charge is 2.20. The van der Waals surface area contributed by atoms with Crippen molar-refractivity contribution in [3.63, 3.8) is 0 Å². The number of hydrogen-bond acceptors (Lipinski definition) is 3. The highest BCUT2D eigenvalue weighted by molar-refractivity contribution is 9.10. The first kappa shape index (κ1) is 9.98. The van der Waals surface area contributed by atoms with Crippen LogP contribution in [0.1, 0.15) is 0 Å². The van der Waals surface area contributed by atoms with Gasteiger partial charge in [-0.15, -0.1) is 0 Å². The van der Waals surface area contributed by atoms with Crippen LogP contribution >= 0.6 is 27.7 Å². The lowest BCUT2D eigenvalue weighted by Crippen LogP contribution is -2.38. The van der Waals surface area contributed by atoms with E-state index in [2.05, 4.69) is 20.9 Å². The topological polar surface area (TPSA) is 33.2 Å². The highest BCUT2D eigenvalue weighted by atomic mass is 79.9. The second-order valence-corrected chi connectivity index (χ2v) is 4.95. The zero-order chi connectivity index (χ0) is 9.97. The summed E-state index contributed by atoms with van der Waals surface area (Å²) in [5, 5.41) is 0. The summed E-state index contributed by atoms with van der Waals surface area (Å²) in [5.74, 6) is 2.45. The molecule has 1 amide bonds. The van der Waals surface area contributed by atoms with Crippen LogP contribution in [0.3, 0.4) is 0 Å². The van der Waals surface area contributed by atoms with E-state index in [0.717, 1.165) is 22.6 Å². The van der Waals surface area contributed by atoms with Gasteiger partial charge in [-0.05, 0) is 28.1 Å². The summed E-state index contributed by atoms with van der Waals surface area (Å²) in [6.07, 6.45) is 1.71. The number of anilines is 1. The van der Waals surface area contributed by atoms with Crippen molar-refractivity contribution in [3.8, 4) is 0 Å². The van der Waals surface area contributed by atoms with Crippen LogP contribution in [0, 0.1) is 0 Å². The maximum atomic E-state index is 11.5. The van der Waals surface area contributed by atoms with E-state index >= 15 is 0 Å². The van der Waals surface area contributed by atoms with E-state index in [-0.39, 0.29) is 5.91 Å². The van der Waals surface area contributed by atoms with E-state index in [9.17, 15) is 4.79 Å². The van der Waals surface area contributed by atoms with Crippen molar-refractivity contribution in [1.82, 2.24) is 4.98 Å². The number of carbonyl (C=O) groups excluding carboxylic acids is 1. The normalized spacial score (nSPS) is 17.2. The minimum absolute atomic E-state index is 0.149. The first-order chi connectivity index (χ1) is 6.77. The van der Waals surface area contributed by atoms with Gasteiger partial charge in [-0.25, -0.2) is 4.98 Å². The summed E-state index contributed by atoms with van der Waals surface area (Å²) in [6.45, 7) is 0.762. The standard InChI is InChI=1S/C9H9BrN2OS/c10-7-1-2-8(11-5-7)12-3-4-14-6-9(12)13/h1-2,5H,3-4,6H2. The van der Waals surface area contributed by atoms with Crippen LogP contribution in [0.25, 0.3) is 0 Å². The van der Waals surface area contributed by atoms with E-state index in [1.165, 1.54) is 0 Å². The molecule has 1 saturated heterocycles. The first-order valence-corrected chi connectivity index (χ1v) is 6.22. The molecular formula is C9H9BrN2OS. The lowest BCUT2D eigenvalue weighted by Gasteiger charge is -2.25. The summed E-state index contributed by atoms with van der Waals surface area (Å²) in [4.78, 5) is 17.5. The Morgan fingerprint density at radius 2 is 2.36 bits per heavy atom. The molecule has 14 heavy (non-hydrogen) atoms. The van der Waals surface area contributed by atoms with Gasteiger partial charge in [0.15, 0.2) is 0 Å². The van der Waals surface area contributed by atoms with Gasteiger partial charge in [0.2, 0.25) is 5.91 Å². The average Bonchev–Trinajstić information content (AvgIpc) is 2.20. The smallest absolute Gasteiger partial charge is 0.238 e. The van der Waals surface area contributed by atoms with Crippen LogP contribution in [0.5, 0.6) is 0 Å². The molecule has 0 aromatic carbocycles. The zero-order valence-electron chi connectivity index (χ0n) is 7.44. The number of halogens is 1. The van der Waals surface area contributed by atoms with Gasteiger partial charge in [-0.2, -0.15) is 11.8 Å². The molecule has 74 valence electrons. The molecule has 0 N–H and O–H groups in total. The van der Waals surface area contributed by atoms with Crippen molar-refractivity contribution in [2.45, 2.75) is 0 Å². The number of hydrogen-bond donors (Lipinski definition) is 0. The fraction of sp³-hybridized carbons (Fsp3) is 0.333. The van der Waals surface area contributed by atoms with E-state index in [1.807, 2.05) is 12.1 Å². The molecule has 1 aromatic rings. The van der Waals surface area contributed by atoms with E-state index in [4.69, 9.17) is 0 Å². The summed E-state index contributed by atoms with van der Waals surface area (Å²) in [7, 11) is 0. The number of nitrogens with zero attached hydrogens (tertiary/aromatic N) is 2. The van der Waals surface area contributed by atoms with E-state index < -0.39 is 0 Å². The van der Waals surface area contributed by atoms with Crippen LogP contribution in [0.2, 0.25) is 0 Å². The van der Waals surface area contributed by atoms with Crippen molar-refractivity contribution < 1.29 is 4.79 Å². The van der Waals surface area contributed by atoms with Crippen LogP contribution in [-0.4, -0.2) is 28.9 Å². The minimum atomic E-state index is 0.149. The Morgan fingerprint density at radius 1 is 1.50 bits per heavy atom. The van der Waals surface area contributed by atoms with Crippen molar-refractivity contribution in [3.05, 3.63) is 22.8 Å². The fourth-order valence-corrected chi connectivity index (χ4v) is 2.31. The Hall–Kier alpha value is -0.550. The van der Waals surface area contributed by atoms with Gasteiger partial charge in [-0.1, -0.05) is 0 Å². The summed E-state index contributed by atoms with van der Waals surface area (Å²) in [6, 6.07) is 3.76. The van der Waals surface area contributed by atoms with Gasteiger partial charge in [0, 0.05) is 23.0 Å². The number of aromatic nitrogens is 1. The monoisotopic (exact) mass is 272 g/mol. The van der Waals surface area contributed by atoms with Crippen molar-refractivity contribution in [1.29, 1.82) is 0 Å². The van der Waals surface area contributed by atoms with Crippen LogP contribution in [0.4, 0.5) is 5.82 Å². The maximum absolute atomic E-state index is 11.5. The molecule has 2 heterocycles. The molecule has 0 unspecified atom stereocenters. The minimum Gasteiger partial charge on any atom is -0.295 e. The number of rotatable bonds is 1. The molecular weight excluding hydrogens is 264 g/mol. The Bertz CT molecular complexity index is 341. The molecule has 2 rings (SSSR count). The molecule has 1 aliphatic heterocycles. The van der Waals surface area contributed by atoms with E-state index in [1.54, 1.807) is 22.9 Å². The third-order valence-electron chi connectivity index (χ3n) is 1.97. The second kappa shape index (κ2) is 4.31. The second-order valence-electron chi connectivity index (χ2n) is 2.93. The lowest BCUT2D eigenvalue weighted by molar-refractivity contribution is -0.116. The van der Waals surface area contributed by atoms with Gasteiger partial charge >= 0.3 is 0 Å². The Labute approximate surface area is 95.0 Å². The molecule has 3 nitrogen and oxygen atoms in total. The highest BCUT2D eigenvalue weighted by Crippen LogP contribution is 2.19. The van der Waals surface area contributed by atoms with Gasteiger partial charge < -0.3 is 0 Å². The molecule has 0 atom stereocenters. The third kappa shape index (κ3) is 2.09. The average molecular weight is 273 g/mol. The molecule has 1 fully saturated rings. The van der Waals surface area contributed by atoms with Crippen LogP contribution in [-0.2, 0) is 4.79 Å². The fourth-order valence-electron chi connectivity index (χ4n) is 1.29. The largest absolute Gasteiger partial charge is 0.295 e. The number of thioether (sulfide) groups is 1. The zero-order valence-corrected chi connectivity index (χ0v) is 9.84. The molecule has 5 heteroatoms. The molecule has 0 saturated carbocycles. The summed E-state index contributed by atoms with van der Waals surface area (Å²) >= 11 is 4.99. The first-order valence-electron chi connectivity index (χ1n) is 4.27. The molecule has 1 aromatic heterocycles. The molecule has 0 bridgehead atoms. The van der Waals surface area contributed by atoms with Gasteiger partial charge in [0.25, 0.3) is 0 Å². The molecule has 0 spiro atoms. The molecule has 1 aliphatic rings. The van der Waals surface area contributed by atoms with Crippen molar-refractivity contribution in [2.75, 3.05) is 23.0 Å². The number of amides is 1. The van der Waals surface area contributed by atoms with Gasteiger partial charge in [0.1, 0.15) is 5.82 Å². The predicted octanol–water partition coefficient (Wildman–Crippen LogP) is 1.92. The Morgan fingerprint density at radius 3 is 3.00 bits per heavy atom. The van der Waals surface area contributed by atoms with Crippen molar-refractivity contribution >= 4 is 39.4 Å². The maximum Gasteiger partial charge on any atom is 0.238 e.